The van der Waals surface area contributed by atoms with E-state index in [-0.39, 0.29) is 17.1 Å². The van der Waals surface area contributed by atoms with Crippen molar-refractivity contribution < 1.29 is 13.9 Å². The third kappa shape index (κ3) is 3.80. The monoisotopic (exact) mass is 457 g/mol. The highest BCUT2D eigenvalue weighted by molar-refractivity contribution is 7.98. The highest BCUT2D eigenvalue weighted by Gasteiger charge is 2.42. The van der Waals surface area contributed by atoms with E-state index >= 15 is 0 Å². The Hall–Kier alpha value is -3.51. The Labute approximate surface area is 196 Å². The number of amides is 1. The van der Waals surface area contributed by atoms with Crippen molar-refractivity contribution in [1.82, 2.24) is 4.90 Å². The second-order valence-corrected chi connectivity index (χ2v) is 8.82. The Kier molecular flexibility index (Phi) is 5.68. The molecule has 5 rings (SSSR count). The van der Waals surface area contributed by atoms with Crippen LogP contribution in [-0.2, 0) is 6.42 Å². The maximum atomic E-state index is 13.5. The van der Waals surface area contributed by atoms with Crippen molar-refractivity contribution in [3.05, 3.63) is 105 Å². The van der Waals surface area contributed by atoms with Crippen LogP contribution in [-0.4, -0.2) is 30.7 Å². The minimum Gasteiger partial charge on any atom is -0.497 e. The molecule has 3 aromatic carbocycles. The molecule has 0 spiro atoms. The molecule has 33 heavy (non-hydrogen) atoms. The summed E-state index contributed by atoms with van der Waals surface area (Å²) >= 11 is 1.65. The highest BCUT2D eigenvalue weighted by atomic mass is 32.2. The second-order valence-electron chi connectivity index (χ2n) is 7.94. The topological polar surface area (TPSA) is 59.8 Å². The number of hydrogen-bond acceptors (Lipinski definition) is 5. The second kappa shape index (κ2) is 8.79. The zero-order valence-corrected chi connectivity index (χ0v) is 19.2. The lowest BCUT2D eigenvalue weighted by molar-refractivity contribution is 0.0730. The number of thioether (sulfide) groups is 1. The predicted molar refractivity (Wildman–Crippen MR) is 130 cm³/mol. The molecule has 0 saturated carbocycles. The molecule has 0 N–H and O–H groups in total. The van der Waals surface area contributed by atoms with Gasteiger partial charge in [0.15, 0.2) is 5.43 Å². The first kappa shape index (κ1) is 21.3. The van der Waals surface area contributed by atoms with Crippen LogP contribution in [0.3, 0.4) is 0 Å². The zero-order chi connectivity index (χ0) is 22.9. The summed E-state index contributed by atoms with van der Waals surface area (Å²) in [6.07, 6.45) is 2.67. The molecule has 166 valence electrons. The van der Waals surface area contributed by atoms with Gasteiger partial charge in [0, 0.05) is 11.4 Å². The molecule has 6 heteroatoms. The van der Waals surface area contributed by atoms with Gasteiger partial charge < -0.3 is 14.1 Å². The quantitative estimate of drug-likeness (QED) is 0.367. The average Bonchev–Trinajstić information content (AvgIpc) is 3.15. The van der Waals surface area contributed by atoms with E-state index in [0.717, 1.165) is 21.8 Å². The van der Waals surface area contributed by atoms with Crippen LogP contribution in [0.2, 0.25) is 0 Å². The van der Waals surface area contributed by atoms with Crippen molar-refractivity contribution in [1.29, 1.82) is 0 Å². The number of benzene rings is 3. The molecule has 0 fully saturated rings. The maximum Gasteiger partial charge on any atom is 0.290 e. The highest BCUT2D eigenvalue weighted by Crippen LogP contribution is 2.38. The van der Waals surface area contributed by atoms with Crippen LogP contribution in [0, 0.1) is 0 Å². The van der Waals surface area contributed by atoms with Crippen molar-refractivity contribution in [2.75, 3.05) is 19.9 Å². The minimum atomic E-state index is -0.484. The Morgan fingerprint density at radius 3 is 2.39 bits per heavy atom. The summed E-state index contributed by atoms with van der Waals surface area (Å²) < 4.78 is 11.2. The molecule has 1 aliphatic heterocycles. The zero-order valence-electron chi connectivity index (χ0n) is 18.4. The smallest absolute Gasteiger partial charge is 0.290 e. The summed E-state index contributed by atoms with van der Waals surface area (Å²) in [4.78, 5) is 29.9. The molecule has 1 atom stereocenters. The van der Waals surface area contributed by atoms with Crippen LogP contribution >= 0.6 is 11.8 Å². The Bertz CT molecular complexity index is 1380. The first-order valence-electron chi connectivity index (χ1n) is 10.7. The van der Waals surface area contributed by atoms with Gasteiger partial charge in [0.05, 0.1) is 24.1 Å². The van der Waals surface area contributed by atoms with Crippen molar-refractivity contribution in [2.24, 2.45) is 0 Å². The van der Waals surface area contributed by atoms with E-state index in [9.17, 15) is 9.59 Å². The van der Waals surface area contributed by atoms with E-state index in [1.165, 1.54) is 0 Å². The first-order chi connectivity index (χ1) is 16.1. The summed E-state index contributed by atoms with van der Waals surface area (Å²) in [6, 6.07) is 22.4. The van der Waals surface area contributed by atoms with Crippen molar-refractivity contribution in [2.45, 2.75) is 17.4 Å². The van der Waals surface area contributed by atoms with Crippen molar-refractivity contribution in [3.63, 3.8) is 0 Å². The van der Waals surface area contributed by atoms with Gasteiger partial charge in [0.25, 0.3) is 5.91 Å². The fourth-order valence-electron chi connectivity index (χ4n) is 4.37. The average molecular weight is 458 g/mol. The number of rotatable bonds is 6. The maximum absolute atomic E-state index is 13.5. The fraction of sp³-hybridized carbons (Fsp3) is 0.185. The fourth-order valence-corrected chi connectivity index (χ4v) is 4.78. The van der Waals surface area contributed by atoms with Crippen LogP contribution in [0.15, 0.2) is 86.9 Å². The molecular formula is C27H23NO4S. The van der Waals surface area contributed by atoms with Crippen LogP contribution < -0.4 is 10.2 Å². The van der Waals surface area contributed by atoms with E-state index in [2.05, 4.69) is 0 Å². The summed E-state index contributed by atoms with van der Waals surface area (Å²) in [5, 5.41) is 0.492. The van der Waals surface area contributed by atoms with Gasteiger partial charge >= 0.3 is 0 Å². The van der Waals surface area contributed by atoms with Crippen molar-refractivity contribution in [3.8, 4) is 5.75 Å². The normalized spacial score (nSPS) is 15.2. The third-order valence-electron chi connectivity index (χ3n) is 6.11. The first-order valence-corrected chi connectivity index (χ1v) is 12.0. The Morgan fingerprint density at radius 2 is 1.70 bits per heavy atom. The molecule has 0 aliphatic carbocycles. The number of fused-ring (bicyclic) bond motifs is 2. The molecular weight excluding hydrogens is 434 g/mol. The van der Waals surface area contributed by atoms with Crippen LogP contribution in [0.25, 0.3) is 11.0 Å². The lowest BCUT2D eigenvalue weighted by atomic mass is 9.98. The van der Waals surface area contributed by atoms with Crippen LogP contribution in [0.1, 0.15) is 33.3 Å². The number of methoxy groups -OCH3 is 1. The van der Waals surface area contributed by atoms with Gasteiger partial charge in [-0.25, -0.2) is 0 Å². The number of ether oxygens (including phenoxy) is 1. The molecule has 4 aromatic rings. The Morgan fingerprint density at radius 1 is 0.970 bits per heavy atom. The molecule has 1 aromatic heterocycles. The molecule has 2 heterocycles. The summed E-state index contributed by atoms with van der Waals surface area (Å²) in [5.41, 5.74) is 2.69. The largest absolute Gasteiger partial charge is 0.497 e. The number of carbonyl (C=O) groups excluding carboxylic acids is 1. The van der Waals surface area contributed by atoms with Gasteiger partial charge in [0.2, 0.25) is 5.76 Å². The number of carbonyl (C=O) groups is 1. The third-order valence-corrected chi connectivity index (χ3v) is 6.85. The SMILES string of the molecule is COc1ccc(CCN2C(=O)c3oc4ccccc4c(=O)c3[C@@H]2c2ccc(SC)cc2)cc1. The van der Waals surface area contributed by atoms with Crippen molar-refractivity contribution >= 4 is 28.6 Å². The minimum absolute atomic E-state index is 0.146. The number of nitrogens with zero attached hydrogens (tertiary/aromatic N) is 1. The standard InChI is InChI=1S/C27H23NO4S/c1-31-19-11-7-17(8-12-19)15-16-28-24(18-9-13-20(33-2)14-10-18)23-25(29)21-5-3-4-6-22(21)32-26(23)27(28)30/h3-14,24H,15-16H2,1-2H3/t24-/m0/s1. The summed E-state index contributed by atoms with van der Waals surface area (Å²) in [5.74, 6) is 0.685. The van der Waals surface area contributed by atoms with E-state index < -0.39 is 6.04 Å². The van der Waals surface area contributed by atoms with Gasteiger partial charge in [-0.2, -0.15) is 0 Å². The molecule has 1 amide bonds. The summed E-state index contributed by atoms with van der Waals surface area (Å²) in [6.45, 7) is 0.458. The molecule has 0 unspecified atom stereocenters. The Balaban J connectivity index is 1.58. The molecule has 0 saturated heterocycles. The predicted octanol–water partition coefficient (Wildman–Crippen LogP) is 5.31. The molecule has 0 radical (unpaired) electrons. The summed E-state index contributed by atoms with van der Waals surface area (Å²) in [7, 11) is 1.63. The van der Waals surface area contributed by atoms with Gasteiger partial charge in [0.1, 0.15) is 11.3 Å². The van der Waals surface area contributed by atoms with Crippen LogP contribution in [0.5, 0.6) is 5.75 Å². The molecule has 0 bridgehead atoms. The lowest BCUT2D eigenvalue weighted by Crippen LogP contribution is -2.31. The molecule has 1 aliphatic rings. The number of hydrogen-bond donors (Lipinski definition) is 0. The molecule has 5 nitrogen and oxygen atoms in total. The van der Waals surface area contributed by atoms with Crippen LogP contribution in [0.4, 0.5) is 0 Å². The van der Waals surface area contributed by atoms with Gasteiger partial charge in [-0.1, -0.05) is 36.4 Å². The van der Waals surface area contributed by atoms with E-state index in [4.69, 9.17) is 9.15 Å². The van der Waals surface area contributed by atoms with Gasteiger partial charge in [-0.3, -0.25) is 9.59 Å². The van der Waals surface area contributed by atoms with Gasteiger partial charge in [-0.05, 0) is 60.2 Å². The van der Waals surface area contributed by atoms with Gasteiger partial charge in [-0.15, -0.1) is 11.8 Å². The number of para-hydroxylation sites is 1. The van der Waals surface area contributed by atoms with E-state index in [1.807, 2.05) is 60.9 Å². The van der Waals surface area contributed by atoms with E-state index in [1.54, 1.807) is 42.0 Å². The lowest BCUT2D eigenvalue weighted by Gasteiger charge is -2.25. The van der Waals surface area contributed by atoms with E-state index in [0.29, 0.717) is 29.5 Å².